The molecule has 0 saturated carbocycles. The highest BCUT2D eigenvalue weighted by Gasteiger charge is 2.15. The van der Waals surface area contributed by atoms with Gasteiger partial charge in [-0.3, -0.25) is 0 Å². The van der Waals surface area contributed by atoms with Gasteiger partial charge in [0.15, 0.2) is 0 Å². The van der Waals surface area contributed by atoms with Gasteiger partial charge in [-0.05, 0) is 39.8 Å². The summed E-state index contributed by atoms with van der Waals surface area (Å²) in [5.41, 5.74) is -0.0172. The van der Waals surface area contributed by atoms with E-state index >= 15 is 0 Å². The summed E-state index contributed by atoms with van der Waals surface area (Å²) in [6.45, 7) is 8.51. The molecule has 3 heteroatoms. The van der Waals surface area contributed by atoms with Gasteiger partial charge >= 0.3 is 0 Å². The Hall–Kier alpha value is -0.410. The maximum Gasteiger partial charge on any atom is 0.147 e. The molecule has 0 aliphatic carbocycles. The molecule has 0 aliphatic rings. The second-order valence-corrected chi connectivity index (χ2v) is 5.87. The molecule has 1 rings (SSSR count). The Kier molecular flexibility index (Phi) is 3.67. The highest BCUT2D eigenvalue weighted by molar-refractivity contribution is 7.12. The molecule has 1 nitrogen and oxygen atoms in total. The van der Waals surface area contributed by atoms with Gasteiger partial charge in [0.05, 0.1) is 0 Å². The summed E-state index contributed by atoms with van der Waals surface area (Å²) in [5, 5.41) is 3.16. The number of hydrogen-bond acceptors (Lipinski definition) is 2. The Bertz CT molecular complexity index is 288. The molecular weight excluding hydrogens is 197 g/mol. The number of rotatable bonds is 3. The molecule has 0 aliphatic heterocycles. The van der Waals surface area contributed by atoms with E-state index in [0.29, 0.717) is 6.54 Å². The van der Waals surface area contributed by atoms with Crippen LogP contribution in [0.25, 0.3) is 0 Å². The van der Waals surface area contributed by atoms with Crippen LogP contribution in [0.3, 0.4) is 0 Å². The lowest BCUT2D eigenvalue weighted by atomic mass is 10.1. The molecule has 1 heterocycles. The van der Waals surface area contributed by atoms with E-state index in [1.165, 1.54) is 16.2 Å². The Morgan fingerprint density at radius 3 is 2.50 bits per heavy atom. The first-order valence-electron chi connectivity index (χ1n) is 4.84. The van der Waals surface area contributed by atoms with E-state index in [1.807, 2.05) is 39.8 Å². The van der Waals surface area contributed by atoms with Crippen LogP contribution >= 0.6 is 11.3 Å². The van der Waals surface area contributed by atoms with Crippen LogP contribution in [0, 0.1) is 6.92 Å². The minimum absolute atomic E-state index is 0.0172. The Morgan fingerprint density at radius 1 is 1.43 bits per heavy atom. The Labute approximate surface area is 89.3 Å². The minimum atomic E-state index is -0.882. The molecule has 0 amide bonds. The first-order chi connectivity index (χ1) is 6.38. The molecule has 14 heavy (non-hydrogen) atoms. The van der Waals surface area contributed by atoms with E-state index in [4.69, 9.17) is 0 Å². The van der Waals surface area contributed by atoms with Crippen molar-refractivity contribution < 1.29 is 4.39 Å². The van der Waals surface area contributed by atoms with Crippen LogP contribution in [0.15, 0.2) is 12.1 Å². The lowest BCUT2D eigenvalue weighted by Crippen LogP contribution is -2.37. The van der Waals surface area contributed by atoms with Crippen molar-refractivity contribution in [3.63, 3.8) is 0 Å². The van der Waals surface area contributed by atoms with Crippen LogP contribution in [0.5, 0.6) is 0 Å². The second-order valence-electron chi connectivity index (χ2n) is 4.55. The average Bonchev–Trinajstić information content (AvgIpc) is 2.46. The first kappa shape index (κ1) is 11.7. The van der Waals surface area contributed by atoms with Gasteiger partial charge < -0.3 is 5.32 Å². The van der Waals surface area contributed by atoms with Gasteiger partial charge in [0.1, 0.15) is 6.17 Å². The largest absolute Gasteiger partial charge is 0.309 e. The van der Waals surface area contributed by atoms with E-state index in [2.05, 4.69) is 5.32 Å². The summed E-state index contributed by atoms with van der Waals surface area (Å²) in [5.74, 6) is 0. The zero-order valence-electron chi connectivity index (χ0n) is 9.23. The molecule has 1 atom stereocenters. The Balaban J connectivity index is 2.47. The molecule has 1 aromatic heterocycles. The van der Waals surface area contributed by atoms with Gasteiger partial charge in [0, 0.05) is 21.8 Å². The number of halogens is 1. The van der Waals surface area contributed by atoms with Gasteiger partial charge in [0.2, 0.25) is 0 Å². The predicted molar refractivity (Wildman–Crippen MR) is 60.7 cm³/mol. The quantitative estimate of drug-likeness (QED) is 0.814. The van der Waals surface area contributed by atoms with Gasteiger partial charge in [-0.2, -0.15) is 0 Å². The van der Waals surface area contributed by atoms with Crippen molar-refractivity contribution in [1.29, 1.82) is 0 Å². The van der Waals surface area contributed by atoms with Gasteiger partial charge in [-0.1, -0.05) is 0 Å². The Morgan fingerprint density at radius 2 is 2.07 bits per heavy atom. The maximum atomic E-state index is 13.6. The highest BCUT2D eigenvalue weighted by Crippen LogP contribution is 2.25. The van der Waals surface area contributed by atoms with Crippen molar-refractivity contribution in [2.45, 2.75) is 39.4 Å². The summed E-state index contributed by atoms with van der Waals surface area (Å²) in [6.07, 6.45) is -0.882. The molecule has 1 unspecified atom stereocenters. The zero-order valence-corrected chi connectivity index (χ0v) is 10.0. The maximum absolute atomic E-state index is 13.6. The molecule has 0 fully saturated rings. The molecule has 0 aromatic carbocycles. The summed E-state index contributed by atoms with van der Waals surface area (Å²) in [6, 6.07) is 3.83. The molecular formula is C11H18FNS. The smallest absolute Gasteiger partial charge is 0.147 e. The zero-order chi connectivity index (χ0) is 10.8. The molecule has 0 radical (unpaired) electrons. The van der Waals surface area contributed by atoms with E-state index < -0.39 is 6.17 Å². The van der Waals surface area contributed by atoms with Crippen molar-refractivity contribution >= 4 is 11.3 Å². The fourth-order valence-electron chi connectivity index (χ4n) is 1.12. The van der Waals surface area contributed by atoms with Crippen molar-refractivity contribution in [3.05, 3.63) is 21.9 Å². The highest BCUT2D eigenvalue weighted by atomic mass is 32.1. The molecule has 0 saturated heterocycles. The number of alkyl halides is 1. The van der Waals surface area contributed by atoms with E-state index in [1.54, 1.807) is 0 Å². The molecule has 80 valence electrons. The number of hydrogen-bond donors (Lipinski definition) is 1. The van der Waals surface area contributed by atoms with Gasteiger partial charge in [-0.25, -0.2) is 4.39 Å². The summed E-state index contributed by atoms with van der Waals surface area (Å²) >= 11 is 1.53. The van der Waals surface area contributed by atoms with Crippen molar-refractivity contribution in [1.82, 2.24) is 5.32 Å². The fraction of sp³-hybridized carbons (Fsp3) is 0.636. The predicted octanol–water partition coefficient (Wildman–Crippen LogP) is 3.46. The summed E-state index contributed by atoms with van der Waals surface area (Å²) < 4.78 is 13.6. The van der Waals surface area contributed by atoms with Crippen molar-refractivity contribution in [2.24, 2.45) is 0 Å². The average molecular weight is 215 g/mol. The van der Waals surface area contributed by atoms with Crippen LogP contribution < -0.4 is 5.32 Å². The van der Waals surface area contributed by atoms with Gasteiger partial charge in [0.25, 0.3) is 0 Å². The SMILES string of the molecule is Cc1ccc(C(F)CNC(C)(C)C)s1. The lowest BCUT2D eigenvalue weighted by Gasteiger charge is -2.21. The van der Waals surface area contributed by atoms with E-state index in [9.17, 15) is 4.39 Å². The first-order valence-corrected chi connectivity index (χ1v) is 5.65. The second kappa shape index (κ2) is 4.41. The molecule has 0 spiro atoms. The normalized spacial score (nSPS) is 14.4. The third-order valence-electron chi connectivity index (χ3n) is 1.88. The van der Waals surface area contributed by atoms with Crippen LogP contribution in [-0.4, -0.2) is 12.1 Å². The summed E-state index contributed by atoms with van der Waals surface area (Å²) in [7, 11) is 0. The standard InChI is InChI=1S/C11H18FNS/c1-8-5-6-10(14-8)9(12)7-13-11(2,3)4/h5-6,9,13H,7H2,1-4H3. The molecule has 0 bridgehead atoms. The topological polar surface area (TPSA) is 12.0 Å². The van der Waals surface area contributed by atoms with Crippen molar-refractivity contribution in [3.8, 4) is 0 Å². The number of thiophene rings is 1. The van der Waals surface area contributed by atoms with Crippen LogP contribution in [-0.2, 0) is 0 Å². The molecule has 1 aromatic rings. The third-order valence-corrected chi connectivity index (χ3v) is 2.97. The van der Waals surface area contributed by atoms with Gasteiger partial charge in [-0.15, -0.1) is 11.3 Å². The van der Waals surface area contributed by atoms with Crippen molar-refractivity contribution in [2.75, 3.05) is 6.54 Å². The van der Waals surface area contributed by atoms with Crippen LogP contribution in [0.4, 0.5) is 4.39 Å². The summed E-state index contributed by atoms with van der Waals surface area (Å²) in [4.78, 5) is 1.98. The number of aryl methyl sites for hydroxylation is 1. The fourth-order valence-corrected chi connectivity index (χ4v) is 1.97. The number of nitrogens with one attached hydrogen (secondary N) is 1. The van der Waals surface area contributed by atoms with Crippen LogP contribution in [0.1, 0.15) is 36.7 Å². The third kappa shape index (κ3) is 3.76. The van der Waals surface area contributed by atoms with E-state index in [-0.39, 0.29) is 5.54 Å². The monoisotopic (exact) mass is 215 g/mol. The van der Waals surface area contributed by atoms with Crippen LogP contribution in [0.2, 0.25) is 0 Å². The minimum Gasteiger partial charge on any atom is -0.309 e. The molecule has 1 N–H and O–H groups in total. The van der Waals surface area contributed by atoms with E-state index in [0.717, 1.165) is 4.88 Å². The lowest BCUT2D eigenvalue weighted by molar-refractivity contribution is 0.295.